The van der Waals surface area contributed by atoms with E-state index < -0.39 is 0 Å². The third kappa shape index (κ3) is 6.00. The van der Waals surface area contributed by atoms with Crippen molar-refractivity contribution in [2.24, 2.45) is 5.73 Å². The summed E-state index contributed by atoms with van der Waals surface area (Å²) in [4.78, 5) is 0. The summed E-state index contributed by atoms with van der Waals surface area (Å²) in [5.41, 5.74) is 5.73. The molecule has 0 radical (unpaired) electrons. The molecule has 1 nitrogen and oxygen atoms in total. The lowest BCUT2D eigenvalue weighted by molar-refractivity contribution is 0.675. The van der Waals surface area contributed by atoms with Crippen LogP contribution in [0.15, 0.2) is 0 Å². The first-order valence-electron chi connectivity index (χ1n) is 3.45. The van der Waals surface area contributed by atoms with E-state index in [0.29, 0.717) is 0 Å². The molecule has 0 fully saturated rings. The minimum atomic E-state index is 0.278. The van der Waals surface area contributed by atoms with Gasteiger partial charge in [-0.2, -0.15) is 11.8 Å². The SMILES string of the molecule is CC#CCC(N)CCSC. The highest BCUT2D eigenvalue weighted by Crippen LogP contribution is 2.00. The van der Waals surface area contributed by atoms with Gasteiger partial charge in [0.1, 0.15) is 0 Å². The van der Waals surface area contributed by atoms with Crippen molar-refractivity contribution in [2.45, 2.75) is 25.8 Å². The van der Waals surface area contributed by atoms with Crippen LogP contribution in [-0.2, 0) is 0 Å². The fourth-order valence-corrected chi connectivity index (χ4v) is 1.14. The molecule has 58 valence electrons. The van der Waals surface area contributed by atoms with Crippen LogP contribution in [0, 0.1) is 11.8 Å². The van der Waals surface area contributed by atoms with Gasteiger partial charge >= 0.3 is 0 Å². The number of hydrogen-bond acceptors (Lipinski definition) is 2. The minimum absolute atomic E-state index is 0.278. The lowest BCUT2D eigenvalue weighted by Gasteiger charge is -2.04. The summed E-state index contributed by atoms with van der Waals surface area (Å²) < 4.78 is 0. The molecule has 1 unspecified atom stereocenters. The Morgan fingerprint density at radius 3 is 2.80 bits per heavy atom. The molecule has 0 aromatic carbocycles. The van der Waals surface area contributed by atoms with Crippen molar-refractivity contribution in [3.8, 4) is 11.8 Å². The van der Waals surface area contributed by atoms with Crippen molar-refractivity contribution in [1.82, 2.24) is 0 Å². The van der Waals surface area contributed by atoms with Crippen LogP contribution in [0.25, 0.3) is 0 Å². The van der Waals surface area contributed by atoms with Crippen molar-refractivity contribution in [2.75, 3.05) is 12.0 Å². The summed E-state index contributed by atoms with van der Waals surface area (Å²) in [6, 6.07) is 0.278. The first-order valence-corrected chi connectivity index (χ1v) is 4.84. The van der Waals surface area contributed by atoms with Crippen molar-refractivity contribution in [3.05, 3.63) is 0 Å². The molecule has 0 aromatic heterocycles. The average molecular weight is 157 g/mol. The minimum Gasteiger partial charge on any atom is -0.327 e. The maximum atomic E-state index is 5.73. The molecular weight excluding hydrogens is 142 g/mol. The number of hydrogen-bond donors (Lipinski definition) is 1. The van der Waals surface area contributed by atoms with Gasteiger partial charge in [-0.15, -0.1) is 11.8 Å². The van der Waals surface area contributed by atoms with Gasteiger partial charge in [-0.05, 0) is 25.4 Å². The van der Waals surface area contributed by atoms with Crippen LogP contribution in [0.3, 0.4) is 0 Å². The van der Waals surface area contributed by atoms with E-state index in [1.54, 1.807) is 0 Å². The van der Waals surface area contributed by atoms with E-state index in [1.807, 2.05) is 18.7 Å². The molecule has 0 aliphatic carbocycles. The summed E-state index contributed by atoms with van der Waals surface area (Å²) >= 11 is 1.84. The normalized spacial score (nSPS) is 11.9. The van der Waals surface area contributed by atoms with Crippen LogP contribution in [-0.4, -0.2) is 18.1 Å². The number of nitrogens with two attached hydrogens (primary N) is 1. The Morgan fingerprint density at radius 2 is 2.30 bits per heavy atom. The fourth-order valence-electron chi connectivity index (χ4n) is 0.604. The monoisotopic (exact) mass is 157 g/mol. The quantitative estimate of drug-likeness (QED) is 0.626. The zero-order valence-corrected chi connectivity index (χ0v) is 7.50. The lowest BCUT2D eigenvalue weighted by atomic mass is 10.2. The molecule has 0 rings (SSSR count). The summed E-state index contributed by atoms with van der Waals surface area (Å²) in [6.45, 7) is 1.85. The molecule has 0 saturated carbocycles. The van der Waals surface area contributed by atoms with Gasteiger partial charge < -0.3 is 5.73 Å². The van der Waals surface area contributed by atoms with E-state index in [2.05, 4.69) is 18.1 Å². The summed E-state index contributed by atoms with van der Waals surface area (Å²) in [5, 5.41) is 0. The van der Waals surface area contributed by atoms with Crippen LogP contribution in [0.1, 0.15) is 19.8 Å². The van der Waals surface area contributed by atoms with Crippen LogP contribution in [0.5, 0.6) is 0 Å². The Kier molecular flexibility index (Phi) is 6.89. The summed E-state index contributed by atoms with van der Waals surface area (Å²) in [7, 11) is 0. The van der Waals surface area contributed by atoms with Gasteiger partial charge in [0.05, 0.1) is 0 Å². The van der Waals surface area contributed by atoms with Gasteiger partial charge in [0.15, 0.2) is 0 Å². The number of thioether (sulfide) groups is 1. The second-order valence-corrected chi connectivity index (χ2v) is 3.16. The lowest BCUT2D eigenvalue weighted by Crippen LogP contribution is -2.19. The Labute approximate surface area is 67.8 Å². The standard InChI is InChI=1S/C8H15NS/c1-3-4-5-8(9)6-7-10-2/h8H,5-7,9H2,1-2H3. The first-order chi connectivity index (χ1) is 4.81. The van der Waals surface area contributed by atoms with Crippen LogP contribution in [0.4, 0.5) is 0 Å². The Bertz CT molecular complexity index is 123. The molecule has 0 aliphatic rings. The maximum Gasteiger partial charge on any atom is 0.0241 e. The second kappa shape index (κ2) is 6.98. The third-order valence-corrected chi connectivity index (χ3v) is 1.88. The molecule has 2 N–H and O–H groups in total. The molecular formula is C8H15NS. The van der Waals surface area contributed by atoms with Gasteiger partial charge in [0.2, 0.25) is 0 Å². The molecule has 2 heteroatoms. The third-order valence-electron chi connectivity index (χ3n) is 1.23. The zero-order valence-electron chi connectivity index (χ0n) is 6.68. The highest BCUT2D eigenvalue weighted by atomic mass is 32.2. The van der Waals surface area contributed by atoms with Crippen molar-refractivity contribution >= 4 is 11.8 Å². The van der Waals surface area contributed by atoms with Crippen molar-refractivity contribution in [3.63, 3.8) is 0 Å². The molecule has 0 saturated heterocycles. The van der Waals surface area contributed by atoms with Crippen molar-refractivity contribution < 1.29 is 0 Å². The topological polar surface area (TPSA) is 26.0 Å². The highest BCUT2D eigenvalue weighted by Gasteiger charge is 1.97. The number of rotatable bonds is 4. The fraction of sp³-hybridized carbons (Fsp3) is 0.750. The molecule has 0 spiro atoms. The van der Waals surface area contributed by atoms with Gasteiger partial charge in [-0.3, -0.25) is 0 Å². The van der Waals surface area contributed by atoms with Crippen molar-refractivity contribution in [1.29, 1.82) is 0 Å². The second-order valence-electron chi connectivity index (χ2n) is 2.17. The predicted molar refractivity (Wildman–Crippen MR) is 49.0 cm³/mol. The van der Waals surface area contributed by atoms with E-state index in [0.717, 1.165) is 18.6 Å². The maximum absolute atomic E-state index is 5.73. The van der Waals surface area contributed by atoms with Crippen LogP contribution < -0.4 is 5.73 Å². The van der Waals surface area contributed by atoms with Gasteiger partial charge in [0.25, 0.3) is 0 Å². The van der Waals surface area contributed by atoms with Gasteiger partial charge in [-0.1, -0.05) is 0 Å². The molecule has 1 atom stereocenters. The molecule has 0 amide bonds. The van der Waals surface area contributed by atoms with Crippen LogP contribution in [0.2, 0.25) is 0 Å². The Morgan fingerprint density at radius 1 is 1.60 bits per heavy atom. The van der Waals surface area contributed by atoms with E-state index in [9.17, 15) is 0 Å². The predicted octanol–water partition coefficient (Wildman–Crippen LogP) is 1.48. The molecule has 0 bridgehead atoms. The summed E-state index contributed by atoms with van der Waals surface area (Å²) in [6.07, 6.45) is 4.02. The smallest absolute Gasteiger partial charge is 0.0241 e. The van der Waals surface area contributed by atoms with E-state index in [-0.39, 0.29) is 6.04 Å². The highest BCUT2D eigenvalue weighted by molar-refractivity contribution is 7.98. The zero-order chi connectivity index (χ0) is 7.82. The van der Waals surface area contributed by atoms with E-state index >= 15 is 0 Å². The summed E-state index contributed by atoms with van der Waals surface area (Å²) in [5.74, 6) is 6.96. The molecule has 0 aromatic rings. The Balaban J connectivity index is 3.21. The Hall–Kier alpha value is -0.130. The van der Waals surface area contributed by atoms with Gasteiger partial charge in [-0.25, -0.2) is 0 Å². The van der Waals surface area contributed by atoms with E-state index in [4.69, 9.17) is 5.73 Å². The van der Waals surface area contributed by atoms with Crippen LogP contribution >= 0.6 is 11.8 Å². The molecule has 0 aliphatic heterocycles. The molecule has 0 heterocycles. The molecule has 10 heavy (non-hydrogen) atoms. The largest absolute Gasteiger partial charge is 0.327 e. The average Bonchev–Trinajstić information content (AvgIpc) is 1.97. The van der Waals surface area contributed by atoms with E-state index in [1.165, 1.54) is 0 Å². The van der Waals surface area contributed by atoms with Gasteiger partial charge in [0, 0.05) is 12.5 Å². The first kappa shape index (κ1) is 9.87.